The molecule has 0 N–H and O–H groups in total. The Bertz CT molecular complexity index is 325. The Kier molecular flexibility index (Phi) is 1.67. The van der Waals surface area contributed by atoms with Crippen LogP contribution in [0.1, 0.15) is 59.3 Å². The highest BCUT2D eigenvalue weighted by Gasteiger charge is 2.68. The van der Waals surface area contributed by atoms with Gasteiger partial charge in [0.05, 0.1) is 0 Å². The van der Waals surface area contributed by atoms with Crippen molar-refractivity contribution in [3.63, 3.8) is 0 Å². The molecule has 0 aromatic heterocycles. The molecule has 0 heteroatoms. The lowest BCUT2D eigenvalue weighted by Crippen LogP contribution is -2.48. The number of hydrogen-bond acceptors (Lipinski definition) is 0. The average Bonchev–Trinajstić information content (AvgIpc) is 2.53. The molecule has 3 aliphatic carbocycles. The van der Waals surface area contributed by atoms with Crippen LogP contribution in [-0.2, 0) is 0 Å². The zero-order chi connectivity index (χ0) is 10.9. The maximum Gasteiger partial charge on any atom is -0.0146 e. The van der Waals surface area contributed by atoms with Gasteiger partial charge in [-0.15, -0.1) is 0 Å². The molecule has 0 aliphatic heterocycles. The van der Waals surface area contributed by atoms with E-state index >= 15 is 0 Å². The molecule has 0 spiro atoms. The molecule has 84 valence electrons. The van der Waals surface area contributed by atoms with E-state index in [2.05, 4.69) is 27.4 Å². The SMILES string of the molecule is C=C1CC23CCC1C2(C)CCCC3(C)C. The van der Waals surface area contributed by atoms with Crippen LogP contribution in [-0.4, -0.2) is 0 Å². The molecule has 3 rings (SSSR count). The quantitative estimate of drug-likeness (QED) is 0.507. The molecular weight excluding hydrogens is 180 g/mol. The number of hydrogen-bond donors (Lipinski definition) is 0. The molecule has 0 nitrogen and oxygen atoms in total. The van der Waals surface area contributed by atoms with Gasteiger partial charge in [0, 0.05) is 0 Å². The van der Waals surface area contributed by atoms with E-state index in [4.69, 9.17) is 0 Å². The van der Waals surface area contributed by atoms with Crippen LogP contribution in [0.5, 0.6) is 0 Å². The summed E-state index contributed by atoms with van der Waals surface area (Å²) in [6.45, 7) is 12.0. The van der Waals surface area contributed by atoms with Crippen molar-refractivity contribution in [2.45, 2.75) is 59.3 Å². The molecule has 0 heterocycles. The standard InChI is InChI=1S/C15H24/c1-11-10-15-9-6-12(11)14(15,4)8-5-7-13(15,2)3/h12H,1,5-10H2,2-4H3. The van der Waals surface area contributed by atoms with Gasteiger partial charge in [-0.25, -0.2) is 0 Å². The lowest BCUT2D eigenvalue weighted by molar-refractivity contribution is -0.0674. The predicted octanol–water partition coefficient (Wildman–Crippen LogP) is 4.56. The summed E-state index contributed by atoms with van der Waals surface area (Å²) in [5, 5.41) is 0. The first kappa shape index (κ1) is 9.93. The molecule has 3 fully saturated rings. The summed E-state index contributed by atoms with van der Waals surface area (Å²) in [5.41, 5.74) is 3.35. The molecule has 0 aromatic rings. The third-order valence-corrected chi connectivity index (χ3v) is 6.54. The predicted molar refractivity (Wildman–Crippen MR) is 64.7 cm³/mol. The van der Waals surface area contributed by atoms with Crippen molar-refractivity contribution in [2.24, 2.45) is 22.2 Å². The molecule has 3 aliphatic rings. The summed E-state index contributed by atoms with van der Waals surface area (Å²) in [6.07, 6.45) is 8.57. The topological polar surface area (TPSA) is 0 Å². The second-order valence-electron chi connectivity index (χ2n) is 7.16. The molecular formula is C15H24. The van der Waals surface area contributed by atoms with Crippen LogP contribution in [0, 0.1) is 22.2 Å². The molecule has 3 unspecified atom stereocenters. The van der Waals surface area contributed by atoms with E-state index in [1.54, 1.807) is 5.57 Å². The Labute approximate surface area is 94.1 Å². The van der Waals surface area contributed by atoms with Crippen molar-refractivity contribution in [1.82, 2.24) is 0 Å². The summed E-state index contributed by atoms with van der Waals surface area (Å²) >= 11 is 0. The second kappa shape index (κ2) is 2.52. The summed E-state index contributed by atoms with van der Waals surface area (Å²) in [7, 11) is 0. The fraction of sp³-hybridized carbons (Fsp3) is 0.867. The van der Waals surface area contributed by atoms with Gasteiger partial charge in [-0.3, -0.25) is 0 Å². The molecule has 15 heavy (non-hydrogen) atoms. The minimum atomic E-state index is 0.550. The van der Waals surface area contributed by atoms with Crippen LogP contribution in [0.15, 0.2) is 12.2 Å². The summed E-state index contributed by atoms with van der Waals surface area (Å²) in [6, 6.07) is 0. The molecule has 3 atom stereocenters. The largest absolute Gasteiger partial charge is 0.0995 e. The monoisotopic (exact) mass is 204 g/mol. The summed E-state index contributed by atoms with van der Waals surface area (Å²) in [5.74, 6) is 0.858. The molecule has 0 aromatic carbocycles. The van der Waals surface area contributed by atoms with Gasteiger partial charge in [-0.2, -0.15) is 0 Å². The van der Waals surface area contributed by atoms with Gasteiger partial charge in [-0.1, -0.05) is 39.3 Å². The molecule has 0 saturated heterocycles. The smallest absolute Gasteiger partial charge is 0.0146 e. The van der Waals surface area contributed by atoms with E-state index in [-0.39, 0.29) is 0 Å². The van der Waals surface area contributed by atoms with Crippen LogP contribution >= 0.6 is 0 Å². The lowest BCUT2D eigenvalue weighted by Gasteiger charge is -2.55. The van der Waals surface area contributed by atoms with Crippen LogP contribution in [0.3, 0.4) is 0 Å². The number of allylic oxidation sites excluding steroid dienone is 1. The zero-order valence-corrected chi connectivity index (χ0v) is 10.5. The van der Waals surface area contributed by atoms with Gasteiger partial charge in [0.25, 0.3) is 0 Å². The Morgan fingerprint density at radius 1 is 1.13 bits per heavy atom. The molecule has 3 saturated carbocycles. The van der Waals surface area contributed by atoms with Gasteiger partial charge in [0.1, 0.15) is 0 Å². The fourth-order valence-corrected chi connectivity index (χ4v) is 5.69. The maximum atomic E-state index is 4.37. The minimum Gasteiger partial charge on any atom is -0.0995 e. The summed E-state index contributed by atoms with van der Waals surface area (Å²) < 4.78 is 0. The Balaban J connectivity index is 2.16. The van der Waals surface area contributed by atoms with E-state index in [1.165, 1.54) is 38.5 Å². The van der Waals surface area contributed by atoms with Crippen molar-refractivity contribution in [3.8, 4) is 0 Å². The van der Waals surface area contributed by atoms with Crippen LogP contribution in [0.4, 0.5) is 0 Å². The van der Waals surface area contributed by atoms with Crippen molar-refractivity contribution < 1.29 is 0 Å². The third-order valence-electron chi connectivity index (χ3n) is 6.54. The average molecular weight is 204 g/mol. The highest BCUT2D eigenvalue weighted by atomic mass is 14.7. The van der Waals surface area contributed by atoms with E-state index in [1.807, 2.05) is 0 Å². The third kappa shape index (κ3) is 0.867. The van der Waals surface area contributed by atoms with Gasteiger partial charge in [0.2, 0.25) is 0 Å². The Morgan fingerprint density at radius 2 is 1.87 bits per heavy atom. The summed E-state index contributed by atoms with van der Waals surface area (Å²) in [4.78, 5) is 0. The normalized spacial score (nSPS) is 51.9. The van der Waals surface area contributed by atoms with Gasteiger partial charge >= 0.3 is 0 Å². The van der Waals surface area contributed by atoms with E-state index in [0.717, 1.165) is 5.92 Å². The Morgan fingerprint density at radius 3 is 2.47 bits per heavy atom. The minimum absolute atomic E-state index is 0.550. The molecule has 0 radical (unpaired) electrons. The van der Waals surface area contributed by atoms with E-state index in [0.29, 0.717) is 16.2 Å². The van der Waals surface area contributed by atoms with Gasteiger partial charge in [-0.05, 0) is 54.3 Å². The van der Waals surface area contributed by atoms with Crippen LogP contribution < -0.4 is 0 Å². The molecule has 0 amide bonds. The van der Waals surface area contributed by atoms with E-state index < -0.39 is 0 Å². The van der Waals surface area contributed by atoms with Crippen LogP contribution in [0.2, 0.25) is 0 Å². The van der Waals surface area contributed by atoms with Gasteiger partial charge in [0.15, 0.2) is 0 Å². The molecule has 2 bridgehead atoms. The lowest BCUT2D eigenvalue weighted by atomic mass is 9.49. The highest BCUT2D eigenvalue weighted by Crippen LogP contribution is 2.77. The van der Waals surface area contributed by atoms with Crippen LogP contribution in [0.25, 0.3) is 0 Å². The first-order chi connectivity index (χ1) is 6.93. The maximum absolute atomic E-state index is 4.37. The number of rotatable bonds is 0. The van der Waals surface area contributed by atoms with Crippen molar-refractivity contribution in [1.29, 1.82) is 0 Å². The van der Waals surface area contributed by atoms with Crippen molar-refractivity contribution in [3.05, 3.63) is 12.2 Å². The Hall–Kier alpha value is -0.260. The highest BCUT2D eigenvalue weighted by molar-refractivity contribution is 5.30. The zero-order valence-electron chi connectivity index (χ0n) is 10.5. The second-order valence-corrected chi connectivity index (χ2v) is 7.16. The first-order valence-corrected chi connectivity index (χ1v) is 6.61. The van der Waals surface area contributed by atoms with Crippen molar-refractivity contribution >= 4 is 0 Å². The van der Waals surface area contributed by atoms with Gasteiger partial charge < -0.3 is 0 Å². The fourth-order valence-electron chi connectivity index (χ4n) is 5.69. The van der Waals surface area contributed by atoms with E-state index in [9.17, 15) is 0 Å². The first-order valence-electron chi connectivity index (χ1n) is 6.61. The van der Waals surface area contributed by atoms with Crippen molar-refractivity contribution in [2.75, 3.05) is 0 Å².